The van der Waals surface area contributed by atoms with Crippen LogP contribution >= 0.6 is 0 Å². The van der Waals surface area contributed by atoms with Crippen LogP contribution in [0.25, 0.3) is 0 Å². The molecule has 0 spiro atoms. The van der Waals surface area contributed by atoms with Crippen molar-refractivity contribution in [3.8, 4) is 0 Å². The predicted molar refractivity (Wildman–Crippen MR) is 82.1 cm³/mol. The molecule has 2 aromatic carbocycles. The van der Waals surface area contributed by atoms with Crippen LogP contribution in [0.1, 0.15) is 6.42 Å². The number of para-hydroxylation sites is 3. The van der Waals surface area contributed by atoms with Crippen LogP contribution in [0, 0.1) is 5.82 Å². The highest BCUT2D eigenvalue weighted by Gasteiger charge is 2.27. The topological polar surface area (TPSA) is 70.2 Å². The number of benzene rings is 2. The molecule has 1 heterocycles. The number of halogens is 1. The molecular weight excluding hydrogens is 285 g/mol. The lowest BCUT2D eigenvalue weighted by molar-refractivity contribution is -0.122. The number of hydrogen-bond donors (Lipinski definition) is 3. The van der Waals surface area contributed by atoms with Gasteiger partial charge in [-0.05, 0) is 24.3 Å². The molecule has 1 aliphatic rings. The van der Waals surface area contributed by atoms with E-state index < -0.39 is 17.8 Å². The fourth-order valence-corrected chi connectivity index (χ4v) is 2.28. The van der Waals surface area contributed by atoms with Gasteiger partial charge in [-0.3, -0.25) is 9.59 Å². The maximum absolute atomic E-state index is 13.5. The normalized spacial score (nSPS) is 16.2. The molecule has 0 aromatic heterocycles. The molecule has 3 N–H and O–H groups in total. The van der Waals surface area contributed by atoms with Crippen LogP contribution in [-0.4, -0.2) is 17.9 Å². The minimum Gasteiger partial charge on any atom is -0.372 e. The number of fused-ring (bicyclic) bond motifs is 1. The summed E-state index contributed by atoms with van der Waals surface area (Å²) in [6, 6.07) is 12.4. The molecule has 1 aliphatic heterocycles. The van der Waals surface area contributed by atoms with Crippen LogP contribution in [-0.2, 0) is 9.59 Å². The van der Waals surface area contributed by atoms with Gasteiger partial charge in [0, 0.05) is 0 Å². The number of carbonyl (C=O) groups excluding carboxylic acids is 2. The van der Waals surface area contributed by atoms with Crippen LogP contribution in [0.2, 0.25) is 0 Å². The SMILES string of the molecule is O=C(C[C@@H]1Nc2ccccc2NC1=O)Nc1ccccc1F. The summed E-state index contributed by atoms with van der Waals surface area (Å²) in [4.78, 5) is 24.0. The highest BCUT2D eigenvalue weighted by molar-refractivity contribution is 6.06. The van der Waals surface area contributed by atoms with Gasteiger partial charge in [-0.1, -0.05) is 24.3 Å². The van der Waals surface area contributed by atoms with E-state index in [1.807, 2.05) is 18.2 Å². The number of nitrogens with one attached hydrogen (secondary N) is 3. The zero-order valence-corrected chi connectivity index (χ0v) is 11.6. The molecule has 22 heavy (non-hydrogen) atoms. The van der Waals surface area contributed by atoms with Gasteiger partial charge >= 0.3 is 0 Å². The summed E-state index contributed by atoms with van der Waals surface area (Å²) in [7, 11) is 0. The maximum atomic E-state index is 13.5. The van der Waals surface area contributed by atoms with E-state index in [1.165, 1.54) is 18.2 Å². The third kappa shape index (κ3) is 2.90. The van der Waals surface area contributed by atoms with E-state index in [0.717, 1.165) is 5.69 Å². The molecule has 0 bridgehead atoms. The second-order valence-corrected chi connectivity index (χ2v) is 4.96. The van der Waals surface area contributed by atoms with Crippen molar-refractivity contribution in [3.05, 3.63) is 54.3 Å². The van der Waals surface area contributed by atoms with Gasteiger partial charge in [-0.25, -0.2) is 4.39 Å². The van der Waals surface area contributed by atoms with Gasteiger partial charge in [0.05, 0.1) is 23.5 Å². The molecule has 112 valence electrons. The number of carbonyl (C=O) groups is 2. The minimum atomic E-state index is -0.693. The lowest BCUT2D eigenvalue weighted by atomic mass is 10.1. The van der Waals surface area contributed by atoms with E-state index in [1.54, 1.807) is 12.1 Å². The number of hydrogen-bond acceptors (Lipinski definition) is 3. The highest BCUT2D eigenvalue weighted by atomic mass is 19.1. The third-order valence-electron chi connectivity index (χ3n) is 3.37. The second kappa shape index (κ2) is 5.85. The van der Waals surface area contributed by atoms with Crippen molar-refractivity contribution in [2.45, 2.75) is 12.5 Å². The van der Waals surface area contributed by atoms with Gasteiger partial charge in [0.2, 0.25) is 11.8 Å². The Bertz CT molecular complexity index is 733. The molecule has 0 fully saturated rings. The Balaban J connectivity index is 1.67. The van der Waals surface area contributed by atoms with Crippen molar-refractivity contribution in [2.24, 2.45) is 0 Å². The second-order valence-electron chi connectivity index (χ2n) is 4.96. The Morgan fingerprint density at radius 2 is 1.77 bits per heavy atom. The first kappa shape index (κ1) is 14.1. The van der Waals surface area contributed by atoms with E-state index in [9.17, 15) is 14.0 Å². The van der Waals surface area contributed by atoms with Crippen LogP contribution in [0.15, 0.2) is 48.5 Å². The predicted octanol–water partition coefficient (Wildman–Crippen LogP) is 2.59. The van der Waals surface area contributed by atoms with E-state index in [2.05, 4.69) is 16.0 Å². The summed E-state index contributed by atoms with van der Waals surface area (Å²) in [5.41, 5.74) is 1.54. The van der Waals surface area contributed by atoms with Crippen molar-refractivity contribution >= 4 is 28.9 Å². The monoisotopic (exact) mass is 299 g/mol. The van der Waals surface area contributed by atoms with Crippen LogP contribution in [0.3, 0.4) is 0 Å². The molecular formula is C16H14FN3O2. The smallest absolute Gasteiger partial charge is 0.247 e. The summed E-state index contributed by atoms with van der Waals surface area (Å²) in [6.45, 7) is 0. The fraction of sp³-hybridized carbons (Fsp3) is 0.125. The molecule has 0 aliphatic carbocycles. The summed E-state index contributed by atoms with van der Waals surface area (Å²) >= 11 is 0. The zero-order valence-electron chi connectivity index (χ0n) is 11.6. The highest BCUT2D eigenvalue weighted by Crippen LogP contribution is 2.26. The summed E-state index contributed by atoms with van der Waals surface area (Å²) in [5, 5.41) is 8.21. The van der Waals surface area contributed by atoms with Crippen LogP contribution < -0.4 is 16.0 Å². The fourth-order valence-electron chi connectivity index (χ4n) is 2.28. The van der Waals surface area contributed by atoms with Gasteiger partial charge < -0.3 is 16.0 Å². The molecule has 1 atom stereocenters. The lowest BCUT2D eigenvalue weighted by Gasteiger charge is -2.26. The molecule has 3 rings (SSSR count). The van der Waals surface area contributed by atoms with E-state index >= 15 is 0 Å². The molecule has 2 aromatic rings. The van der Waals surface area contributed by atoms with Crippen molar-refractivity contribution in [1.29, 1.82) is 0 Å². The molecule has 2 amide bonds. The summed E-state index contributed by atoms with van der Waals surface area (Å²) in [5.74, 6) is -1.23. The van der Waals surface area contributed by atoms with Crippen molar-refractivity contribution < 1.29 is 14.0 Å². The first-order valence-electron chi connectivity index (χ1n) is 6.84. The minimum absolute atomic E-state index is 0.0888. The Hall–Kier alpha value is -2.89. The first-order valence-corrected chi connectivity index (χ1v) is 6.84. The maximum Gasteiger partial charge on any atom is 0.247 e. The zero-order chi connectivity index (χ0) is 15.5. The molecule has 0 radical (unpaired) electrons. The molecule has 6 heteroatoms. The third-order valence-corrected chi connectivity index (χ3v) is 3.37. The van der Waals surface area contributed by atoms with E-state index in [-0.39, 0.29) is 18.0 Å². The molecule has 0 saturated carbocycles. The number of amides is 2. The summed E-state index contributed by atoms with van der Waals surface area (Å²) < 4.78 is 13.5. The standard InChI is InChI=1S/C16H14FN3O2/c17-10-5-1-2-6-11(10)19-15(21)9-14-16(22)20-13-8-4-3-7-12(13)18-14/h1-8,14,18H,9H2,(H,19,21)(H,20,22)/t14-/m0/s1. The van der Waals surface area contributed by atoms with Crippen molar-refractivity contribution in [2.75, 3.05) is 16.0 Å². The van der Waals surface area contributed by atoms with Gasteiger partial charge in [0.25, 0.3) is 0 Å². The Morgan fingerprint density at radius 1 is 1.09 bits per heavy atom. The van der Waals surface area contributed by atoms with Gasteiger partial charge in [-0.2, -0.15) is 0 Å². The Kier molecular flexibility index (Phi) is 3.74. The average molecular weight is 299 g/mol. The first-order chi connectivity index (χ1) is 10.6. The van der Waals surface area contributed by atoms with Crippen molar-refractivity contribution in [1.82, 2.24) is 0 Å². The Labute approximate surface area is 126 Å². The largest absolute Gasteiger partial charge is 0.372 e. The molecule has 5 nitrogen and oxygen atoms in total. The van der Waals surface area contributed by atoms with Crippen LogP contribution in [0.4, 0.5) is 21.5 Å². The van der Waals surface area contributed by atoms with E-state index in [4.69, 9.17) is 0 Å². The average Bonchev–Trinajstić information content (AvgIpc) is 2.50. The van der Waals surface area contributed by atoms with Gasteiger partial charge in [0.1, 0.15) is 11.9 Å². The van der Waals surface area contributed by atoms with Crippen LogP contribution in [0.5, 0.6) is 0 Å². The quantitative estimate of drug-likeness (QED) is 0.816. The summed E-state index contributed by atoms with van der Waals surface area (Å²) in [6.07, 6.45) is -0.0888. The molecule has 0 unspecified atom stereocenters. The lowest BCUT2D eigenvalue weighted by Crippen LogP contribution is -2.41. The van der Waals surface area contributed by atoms with Gasteiger partial charge in [0.15, 0.2) is 0 Å². The number of anilines is 3. The van der Waals surface area contributed by atoms with E-state index in [0.29, 0.717) is 5.69 Å². The number of rotatable bonds is 3. The molecule has 0 saturated heterocycles. The van der Waals surface area contributed by atoms with Gasteiger partial charge in [-0.15, -0.1) is 0 Å². The Morgan fingerprint density at radius 3 is 2.55 bits per heavy atom. The van der Waals surface area contributed by atoms with Crippen molar-refractivity contribution in [3.63, 3.8) is 0 Å².